The predicted octanol–water partition coefficient (Wildman–Crippen LogP) is 1.05. The average Bonchev–Trinajstić information content (AvgIpc) is 2.19. The lowest BCUT2D eigenvalue weighted by Crippen LogP contribution is -2.11. The zero-order chi connectivity index (χ0) is 14.3. The molecule has 0 aromatic heterocycles. The van der Waals surface area contributed by atoms with Gasteiger partial charge in [0.1, 0.15) is 0 Å². The van der Waals surface area contributed by atoms with Gasteiger partial charge in [0, 0.05) is 13.0 Å². The Morgan fingerprint density at radius 2 is 1.76 bits per heavy atom. The van der Waals surface area contributed by atoms with Crippen LogP contribution in [0.25, 0.3) is 0 Å². The van der Waals surface area contributed by atoms with Crippen molar-refractivity contribution < 1.29 is 29.0 Å². The Morgan fingerprint density at radius 3 is 1.76 bits per heavy atom. The molecule has 3 N–H and O–H groups in total. The number of hydrogen-bond acceptors (Lipinski definition) is 5. The van der Waals surface area contributed by atoms with Crippen LogP contribution in [0.5, 0.6) is 0 Å². The number of amides is 1. The SMILES string of the molecule is C=CC(=O)O.C=COC(C)=O.CCOC(N)=O. The molecule has 17 heavy (non-hydrogen) atoms. The van der Waals surface area contributed by atoms with E-state index in [2.05, 4.69) is 28.4 Å². The van der Waals surface area contributed by atoms with Crippen LogP contribution in [0.2, 0.25) is 0 Å². The van der Waals surface area contributed by atoms with Gasteiger partial charge in [0.25, 0.3) is 0 Å². The lowest BCUT2D eigenvalue weighted by molar-refractivity contribution is -0.135. The smallest absolute Gasteiger partial charge is 0.404 e. The van der Waals surface area contributed by atoms with Crippen LogP contribution in [0.3, 0.4) is 0 Å². The minimum absolute atomic E-state index is 0.329. The van der Waals surface area contributed by atoms with Gasteiger partial charge in [-0.25, -0.2) is 9.59 Å². The molecule has 0 spiro atoms. The van der Waals surface area contributed by atoms with Crippen molar-refractivity contribution in [3.63, 3.8) is 0 Å². The molecule has 0 fully saturated rings. The summed E-state index contributed by atoms with van der Waals surface area (Å²) in [5.74, 6) is -1.31. The average molecular weight is 247 g/mol. The van der Waals surface area contributed by atoms with Crippen LogP contribution in [-0.4, -0.2) is 29.7 Å². The fraction of sp³-hybridized carbons (Fsp3) is 0.300. The Labute approximate surface area is 99.5 Å². The Balaban J connectivity index is -0.000000174. The van der Waals surface area contributed by atoms with Crippen LogP contribution in [0.1, 0.15) is 13.8 Å². The minimum Gasteiger partial charge on any atom is -0.478 e. The molecule has 0 unspecified atom stereocenters. The summed E-state index contributed by atoms with van der Waals surface area (Å²) >= 11 is 0. The first-order chi connectivity index (χ1) is 7.81. The summed E-state index contributed by atoms with van der Waals surface area (Å²) < 4.78 is 8.35. The number of hydrogen-bond donors (Lipinski definition) is 2. The van der Waals surface area contributed by atoms with E-state index in [1.54, 1.807) is 6.92 Å². The summed E-state index contributed by atoms with van der Waals surface area (Å²) in [6.07, 6.45) is 1.22. The van der Waals surface area contributed by atoms with Gasteiger partial charge in [-0.05, 0) is 6.92 Å². The molecule has 7 heteroatoms. The molecule has 0 bridgehead atoms. The number of aliphatic carboxylic acids is 1. The maximum atomic E-state index is 9.75. The van der Waals surface area contributed by atoms with Crippen molar-refractivity contribution in [2.45, 2.75) is 13.8 Å². The third kappa shape index (κ3) is 57.8. The molecule has 0 saturated heterocycles. The summed E-state index contributed by atoms with van der Waals surface area (Å²) in [5.41, 5.74) is 4.54. The minimum atomic E-state index is -0.981. The highest BCUT2D eigenvalue weighted by Crippen LogP contribution is 1.70. The molecule has 0 radical (unpaired) electrons. The lowest BCUT2D eigenvalue weighted by atomic mass is 10.7. The molecule has 1 amide bonds. The zero-order valence-corrected chi connectivity index (χ0v) is 9.84. The number of rotatable bonds is 3. The monoisotopic (exact) mass is 247 g/mol. The van der Waals surface area contributed by atoms with Gasteiger partial charge >= 0.3 is 18.0 Å². The molecule has 0 heterocycles. The van der Waals surface area contributed by atoms with E-state index in [1.807, 2.05) is 0 Å². The molecule has 98 valence electrons. The molecular formula is C10H17NO6. The van der Waals surface area contributed by atoms with E-state index in [-0.39, 0.29) is 5.97 Å². The maximum Gasteiger partial charge on any atom is 0.404 e. The number of ether oxygens (including phenoxy) is 2. The van der Waals surface area contributed by atoms with Crippen molar-refractivity contribution >= 4 is 18.0 Å². The van der Waals surface area contributed by atoms with Crippen LogP contribution in [0.4, 0.5) is 4.79 Å². The fourth-order valence-corrected chi connectivity index (χ4v) is 0.260. The third-order valence-corrected chi connectivity index (χ3v) is 0.711. The van der Waals surface area contributed by atoms with Crippen LogP contribution < -0.4 is 5.73 Å². The van der Waals surface area contributed by atoms with Crippen molar-refractivity contribution in [2.75, 3.05) is 6.61 Å². The van der Waals surface area contributed by atoms with Gasteiger partial charge in [-0.3, -0.25) is 4.79 Å². The first-order valence-corrected chi connectivity index (χ1v) is 4.37. The standard InChI is InChI=1S/C4H6O2.C3H7NO2.C3H4O2/c1-3-6-4(2)5;1-2-6-3(4)5;1-2-3(4)5/h3H,1H2,2H3;2H2,1H3,(H2,4,5);2H,1H2,(H,4,5). The Bertz CT molecular complexity index is 262. The molecule has 0 rings (SSSR count). The van der Waals surface area contributed by atoms with Crippen molar-refractivity contribution in [2.24, 2.45) is 5.73 Å². The second kappa shape index (κ2) is 16.1. The number of nitrogens with two attached hydrogens (primary N) is 1. The van der Waals surface area contributed by atoms with Gasteiger partial charge in [0.05, 0.1) is 12.9 Å². The quantitative estimate of drug-likeness (QED) is 0.437. The van der Waals surface area contributed by atoms with Gasteiger partial charge in [0.15, 0.2) is 0 Å². The normalized spacial score (nSPS) is 6.94. The van der Waals surface area contributed by atoms with E-state index in [0.717, 1.165) is 12.3 Å². The summed E-state index contributed by atoms with van der Waals surface area (Å²) in [5, 5.41) is 7.60. The summed E-state index contributed by atoms with van der Waals surface area (Å²) in [6, 6.07) is 0. The van der Waals surface area contributed by atoms with E-state index in [1.165, 1.54) is 6.92 Å². The fourth-order valence-electron chi connectivity index (χ4n) is 0.260. The van der Waals surface area contributed by atoms with E-state index < -0.39 is 12.1 Å². The van der Waals surface area contributed by atoms with Crippen molar-refractivity contribution in [1.82, 2.24) is 0 Å². The Hall–Kier alpha value is -2.31. The van der Waals surface area contributed by atoms with Crippen molar-refractivity contribution in [3.05, 3.63) is 25.5 Å². The second-order valence-electron chi connectivity index (χ2n) is 2.07. The zero-order valence-electron chi connectivity index (χ0n) is 9.84. The molecule has 0 aliphatic rings. The first-order valence-electron chi connectivity index (χ1n) is 4.37. The van der Waals surface area contributed by atoms with Crippen LogP contribution in [0.15, 0.2) is 25.5 Å². The van der Waals surface area contributed by atoms with Crippen molar-refractivity contribution in [1.29, 1.82) is 0 Å². The molecule has 0 aromatic rings. The molecule has 7 nitrogen and oxygen atoms in total. The summed E-state index contributed by atoms with van der Waals surface area (Å²) in [7, 11) is 0. The van der Waals surface area contributed by atoms with Crippen LogP contribution in [0, 0.1) is 0 Å². The Kier molecular flexibility index (Phi) is 19.1. The highest BCUT2D eigenvalue weighted by molar-refractivity contribution is 5.78. The molecule has 0 atom stereocenters. The van der Waals surface area contributed by atoms with Gasteiger partial charge < -0.3 is 20.3 Å². The predicted molar refractivity (Wildman–Crippen MR) is 61.0 cm³/mol. The topological polar surface area (TPSA) is 116 Å². The molecule has 0 aliphatic heterocycles. The maximum absolute atomic E-state index is 9.75. The van der Waals surface area contributed by atoms with Crippen LogP contribution in [-0.2, 0) is 19.1 Å². The van der Waals surface area contributed by atoms with Gasteiger partial charge in [-0.2, -0.15) is 0 Å². The number of carboxylic acids is 1. The highest BCUT2D eigenvalue weighted by atomic mass is 16.5. The first kappa shape index (κ1) is 20.1. The van der Waals surface area contributed by atoms with E-state index in [4.69, 9.17) is 5.11 Å². The number of carbonyl (C=O) groups excluding carboxylic acids is 2. The number of carboxylic acid groups (broad SMARTS) is 1. The molecule has 0 aliphatic carbocycles. The molecular weight excluding hydrogens is 230 g/mol. The Morgan fingerprint density at radius 1 is 1.35 bits per heavy atom. The number of esters is 1. The molecule has 0 aromatic carbocycles. The van der Waals surface area contributed by atoms with Gasteiger partial charge in [-0.15, -0.1) is 0 Å². The van der Waals surface area contributed by atoms with E-state index in [9.17, 15) is 14.4 Å². The van der Waals surface area contributed by atoms with Gasteiger partial charge in [0.2, 0.25) is 0 Å². The summed E-state index contributed by atoms with van der Waals surface area (Å²) in [6.45, 7) is 9.50. The van der Waals surface area contributed by atoms with Crippen LogP contribution >= 0.6 is 0 Å². The lowest BCUT2D eigenvalue weighted by Gasteiger charge is -1.89. The summed E-state index contributed by atoms with van der Waals surface area (Å²) in [4.78, 5) is 28.6. The van der Waals surface area contributed by atoms with Gasteiger partial charge in [-0.1, -0.05) is 13.2 Å². The van der Waals surface area contributed by atoms with Crippen molar-refractivity contribution in [3.8, 4) is 0 Å². The number of carbonyl (C=O) groups is 3. The van der Waals surface area contributed by atoms with E-state index in [0.29, 0.717) is 6.61 Å². The molecule has 0 saturated carbocycles. The highest BCUT2D eigenvalue weighted by Gasteiger charge is 1.82. The largest absolute Gasteiger partial charge is 0.478 e. The third-order valence-electron chi connectivity index (χ3n) is 0.711. The van der Waals surface area contributed by atoms with E-state index >= 15 is 0 Å². The number of primary amides is 1. The second-order valence-corrected chi connectivity index (χ2v) is 2.07.